The molecule has 143 heavy (non-hydrogen) atoms. The zero-order valence-electron chi connectivity index (χ0n) is 78.8. The van der Waals surface area contributed by atoms with Crippen molar-refractivity contribution in [2.45, 2.75) is 237 Å². The minimum Gasteiger partial charge on any atom is -0.691 e. The van der Waals surface area contributed by atoms with Crippen molar-refractivity contribution in [3.63, 3.8) is 0 Å². The van der Waals surface area contributed by atoms with Gasteiger partial charge in [-0.1, -0.05) is 265 Å². The number of aryl methyl sites for hydroxylation is 1. The molecule has 1 aliphatic carbocycles. The number of hydrogen-bond acceptors (Lipinski definition) is 18. The van der Waals surface area contributed by atoms with E-state index in [1.165, 1.54) is 82.9 Å². The van der Waals surface area contributed by atoms with Gasteiger partial charge >= 0.3 is 61.2 Å². The predicted molar refractivity (Wildman–Crippen MR) is 519 cm³/mol. The van der Waals surface area contributed by atoms with E-state index < -0.39 is 103 Å². The van der Waals surface area contributed by atoms with E-state index >= 15 is 0 Å². The van der Waals surface area contributed by atoms with E-state index in [0.717, 1.165) is 34.6 Å². The number of carbonyl (C=O) groups is 1. The molecule has 0 unspecified atom stereocenters. The molecule has 41 heteroatoms. The molecule has 0 saturated heterocycles. The highest BCUT2D eigenvalue weighted by Crippen LogP contribution is 2.72. The highest BCUT2D eigenvalue weighted by Gasteiger charge is 3.02. The van der Waals surface area contributed by atoms with Gasteiger partial charge in [-0.15, -0.1) is 0 Å². The fourth-order valence-electron chi connectivity index (χ4n) is 13.5. The maximum Gasteiger partial charge on any atom is 0.450 e. The summed E-state index contributed by atoms with van der Waals surface area (Å²) in [4.78, 5) is 36.4. The van der Waals surface area contributed by atoms with Gasteiger partial charge in [-0.05, 0) is 216 Å². The maximum atomic E-state index is 14.2. The number of halogens is 17. The lowest BCUT2D eigenvalue weighted by atomic mass is 9.81. The van der Waals surface area contributed by atoms with E-state index in [1.54, 1.807) is 0 Å². The molecule has 0 N–H and O–H groups in total. The lowest BCUT2D eigenvalue weighted by molar-refractivity contribution is -0.777. The quantitative estimate of drug-likeness (QED) is 0.00595. The SMILES string of the molecule is CC(C)(C)c1ccc([S+](c2ccccc2)c2ccccc2)cc1.CC(C)c1cc(C(C)C)c([N+](=O)[O-])c(C(C)C)c1SOO[O-].CC(C)c1cc(C=O)cc(C(C)C)c1OS(=O)(=O)C(F)(F)C(F)(F)C(F)(F)SOO[O-].Cc1ccc([S+](c2ccccc2)c2ccccc2)cc1.[O-]OOSC1(F)C(F)(F)C(F)(F)C(F)(F)C(F)(F)C1(F)F.[SH2+]c1ccccc1.c1ccc([S+](c2ccccc2)c2ccccc2)cc1. The first-order valence-corrected chi connectivity index (χ1v) is 50.9. The molecule has 1 fully saturated rings. The van der Waals surface area contributed by atoms with Crippen LogP contribution in [0.1, 0.15) is 169 Å². The number of nitro groups is 1. The lowest BCUT2D eigenvalue weighted by Crippen LogP contribution is -2.82. The lowest BCUT2D eigenvalue weighted by Gasteiger charge is -2.51. The average molecular weight is 2160 g/mol. The molecule has 0 radical (unpaired) electrons. The van der Waals surface area contributed by atoms with Gasteiger partial charge in [-0.3, -0.25) is 30.0 Å². The highest BCUT2D eigenvalue weighted by molar-refractivity contribution is 7.98. The average Bonchev–Trinajstić information content (AvgIpc) is 0.661. The van der Waals surface area contributed by atoms with Gasteiger partial charge in [0, 0.05) is 16.7 Å². The summed E-state index contributed by atoms with van der Waals surface area (Å²) in [6, 6.07) is 107. The van der Waals surface area contributed by atoms with Gasteiger partial charge in [0.2, 0.25) is 0 Å². The predicted octanol–water partition coefficient (Wildman–Crippen LogP) is 28.1. The van der Waals surface area contributed by atoms with Gasteiger partial charge in [0.05, 0.1) is 66.6 Å². The van der Waals surface area contributed by atoms with Gasteiger partial charge in [0.15, 0.2) is 44.1 Å². The number of nitro benzene ring substituents is 1. The molecule has 13 rings (SSSR count). The van der Waals surface area contributed by atoms with Crippen molar-refractivity contribution in [2.24, 2.45) is 0 Å². The summed E-state index contributed by atoms with van der Waals surface area (Å²) < 4.78 is 264. The van der Waals surface area contributed by atoms with E-state index in [1.807, 2.05) is 77.9 Å². The minimum atomic E-state index is -7.30. The molecule has 12 aromatic rings. The molecule has 16 nitrogen and oxygen atoms in total. The third kappa shape index (κ3) is 29.0. The molecule has 770 valence electrons. The standard InChI is InChI=1S/C22H23S.C19H17S.C18H15S.C16H18F6O7S2.C15H23NO5S.C6HF11O3S.C6H6S/c1-22(2,3)18-14-16-21(17-15-18)23(19-10-6-4-7-11-19)20-12-8-5-9-13-20;1-16-12-14-19(15-13-16)20(17-8-4-2-5-9-17)18-10-6-3-7-11-18;1-4-10-16(11-5-1)19(17-12-6-2-7-13-17)18-14-8-3-9-15-18;1-8(2)11-5-10(7-23)6-12(9(3)4)13(11)27-31(25,26)16(21,22)14(17,18)15(19,20)30-29-28-24;1-8(2)11-7-12(9(3)4)15(22-21-20-19)13(10(5)6)14(11)16(17)18;7-1(8)2(9,10)4(13,14)6(17,21-20-19-18)5(15,16)3(1,11)12;7-6-4-2-1-3-5-6/h4-17H,1-3H3;2-15H,1H3;1-15H;5-9,24H,1-4H3;7-10,19H,1-6H3;18H;1-5,7H/q3*+1;;;;/p-2. The Morgan fingerprint density at radius 1 is 0.399 bits per heavy atom. The second-order valence-electron chi connectivity index (χ2n) is 33.7. The number of hydrogen-bond donors (Lipinski definition) is 0. The molecule has 0 aromatic heterocycles. The summed E-state index contributed by atoms with van der Waals surface area (Å²) in [5, 5.41) is 29.8. The van der Waals surface area contributed by atoms with E-state index in [9.17, 15) is 114 Å². The molecule has 0 aliphatic heterocycles. The van der Waals surface area contributed by atoms with Crippen LogP contribution >= 0.6 is 36.1 Å². The summed E-state index contributed by atoms with van der Waals surface area (Å²) in [5.74, 6) is -44.5. The molecule has 12 aromatic carbocycles. The van der Waals surface area contributed by atoms with Crippen molar-refractivity contribution < 1.29 is 141 Å². The largest absolute Gasteiger partial charge is 0.691 e. The van der Waals surface area contributed by atoms with Crippen LogP contribution in [0.2, 0.25) is 0 Å². The fraction of sp³-hybridized carbons (Fsp3) is 0.284. The molecule has 0 spiro atoms. The molecule has 1 saturated carbocycles. The summed E-state index contributed by atoms with van der Waals surface area (Å²) in [6.45, 7) is 26.4. The summed E-state index contributed by atoms with van der Waals surface area (Å²) >= 11 is 0.0231. The molecular weight excluding hydrogens is 2060 g/mol. The second-order valence-corrected chi connectivity index (χ2v) is 44.3. The van der Waals surface area contributed by atoms with Crippen LogP contribution in [0.3, 0.4) is 0 Å². The molecule has 0 amide bonds. The molecular formula is C102H101F17NO15S8+. The van der Waals surface area contributed by atoms with Crippen LogP contribution in [0.15, 0.2) is 363 Å². The summed E-state index contributed by atoms with van der Waals surface area (Å²) in [6.07, 6.45) is 0.384. The third-order valence-corrected chi connectivity index (χ3v) is 31.3. The van der Waals surface area contributed by atoms with Crippen molar-refractivity contribution in [3.05, 3.63) is 364 Å². The van der Waals surface area contributed by atoms with Gasteiger partial charge in [0.1, 0.15) is 29.0 Å². The first kappa shape index (κ1) is 120. The second kappa shape index (κ2) is 52.6. The van der Waals surface area contributed by atoms with Crippen molar-refractivity contribution >= 4 is 104 Å². The van der Waals surface area contributed by atoms with Crippen molar-refractivity contribution in [2.75, 3.05) is 0 Å². The molecule has 1 aliphatic rings. The number of alkyl halides is 17. The number of benzene rings is 12. The zero-order chi connectivity index (χ0) is 107. The number of aldehydes is 1. The van der Waals surface area contributed by atoms with E-state index in [-0.39, 0.29) is 83.2 Å². The van der Waals surface area contributed by atoms with E-state index in [2.05, 4.69) is 333 Å². The van der Waals surface area contributed by atoms with Gasteiger partial charge < -0.3 is 20.0 Å². The van der Waals surface area contributed by atoms with Gasteiger partial charge in [-0.2, -0.15) is 91.7 Å². The highest BCUT2D eigenvalue weighted by atomic mass is 32.2. The Morgan fingerprint density at radius 2 is 0.692 bits per heavy atom. The van der Waals surface area contributed by atoms with Crippen molar-refractivity contribution in [1.29, 1.82) is 0 Å². The monoisotopic (exact) mass is 2160 g/mol. The topological polar surface area (TPSA) is 228 Å². The normalized spacial score (nSPS) is 14.5. The van der Waals surface area contributed by atoms with Crippen LogP contribution in [0.25, 0.3) is 0 Å². The summed E-state index contributed by atoms with van der Waals surface area (Å²) in [5.41, 5.74) is 4.98. The van der Waals surface area contributed by atoms with Crippen LogP contribution in [0.4, 0.5) is 80.3 Å². The first-order valence-electron chi connectivity index (χ1n) is 43.1. The zero-order valence-corrected chi connectivity index (χ0v) is 85.5. The molecule has 0 heterocycles. The Bertz CT molecular complexity index is 5850. The Hall–Kier alpha value is -9.64. The molecule has 0 bridgehead atoms. The Morgan fingerprint density at radius 3 is 0.958 bits per heavy atom. The Kier molecular flexibility index (Phi) is 44.3. The van der Waals surface area contributed by atoms with E-state index in [0.29, 0.717) is 22.3 Å². The van der Waals surface area contributed by atoms with Crippen LogP contribution in [0, 0.1) is 17.0 Å². The smallest absolute Gasteiger partial charge is 0.450 e. The maximum absolute atomic E-state index is 14.2. The Balaban J connectivity index is 0.000000231. The van der Waals surface area contributed by atoms with Crippen LogP contribution in [0.5, 0.6) is 5.75 Å². The van der Waals surface area contributed by atoms with Crippen molar-refractivity contribution in [3.8, 4) is 5.75 Å². The Labute approximate surface area is 845 Å². The first-order chi connectivity index (χ1) is 67.0. The fourth-order valence-corrected chi connectivity index (χ4v) is 22.8. The third-order valence-electron chi connectivity index (χ3n) is 20.8. The number of rotatable bonds is 30. The van der Waals surface area contributed by atoms with Crippen LogP contribution in [-0.4, -0.2) is 70.7 Å². The van der Waals surface area contributed by atoms with Crippen molar-refractivity contribution in [1.82, 2.24) is 0 Å². The van der Waals surface area contributed by atoms with Gasteiger partial charge in [0.25, 0.3) is 5.69 Å². The van der Waals surface area contributed by atoms with Gasteiger partial charge in [-0.25, -0.2) is 4.39 Å². The van der Waals surface area contributed by atoms with E-state index in [4.69, 9.17) is 0 Å². The minimum absolute atomic E-state index is 0.0146. The summed E-state index contributed by atoms with van der Waals surface area (Å²) in [7, 11) is -6.84. The van der Waals surface area contributed by atoms with Crippen LogP contribution in [-0.2, 0) is 89.0 Å². The number of nitrogens with zero attached hydrogens (tertiary/aromatic N) is 1. The number of carbonyl (C=O) groups excluding carboxylic acids is 1. The molecule has 0 atom stereocenters. The van der Waals surface area contributed by atoms with Crippen LogP contribution < -0.4 is 20.0 Å².